The number of hydrogen-bond donors (Lipinski definition) is 0. The lowest BCUT2D eigenvalue weighted by atomic mass is 10.00. The highest BCUT2D eigenvalue weighted by Gasteiger charge is 2.39. The second kappa shape index (κ2) is 5.99. The van der Waals surface area contributed by atoms with Crippen LogP contribution in [0.2, 0.25) is 0 Å². The van der Waals surface area contributed by atoms with Crippen molar-refractivity contribution in [3.05, 3.63) is 21.9 Å². The SMILES string of the molecule is c1cc(C2CCCO2)sc1CN1CCOC2(CCCC2)C1. The van der Waals surface area contributed by atoms with Crippen LogP contribution in [0.4, 0.5) is 0 Å². The summed E-state index contributed by atoms with van der Waals surface area (Å²) in [6, 6.07) is 4.58. The zero-order chi connectivity index (χ0) is 14.1. The highest BCUT2D eigenvalue weighted by Crippen LogP contribution is 2.37. The Kier molecular flexibility index (Phi) is 4.05. The number of morpholine rings is 1. The van der Waals surface area contributed by atoms with Crippen molar-refractivity contribution in [3.8, 4) is 0 Å². The summed E-state index contributed by atoms with van der Waals surface area (Å²) >= 11 is 1.95. The lowest BCUT2D eigenvalue weighted by Crippen LogP contribution is -2.49. The van der Waals surface area contributed by atoms with Crippen LogP contribution in [0.25, 0.3) is 0 Å². The lowest BCUT2D eigenvalue weighted by Gasteiger charge is -2.40. The molecule has 1 saturated carbocycles. The van der Waals surface area contributed by atoms with Gasteiger partial charge in [0.25, 0.3) is 0 Å². The molecule has 0 bridgehead atoms. The Bertz CT molecular complexity index is 475. The molecule has 2 aliphatic heterocycles. The molecule has 1 atom stereocenters. The molecule has 0 radical (unpaired) electrons. The van der Waals surface area contributed by atoms with Gasteiger partial charge in [-0.1, -0.05) is 12.8 Å². The third-order valence-corrected chi connectivity index (χ3v) is 6.31. The Hall–Kier alpha value is -0.420. The van der Waals surface area contributed by atoms with Crippen molar-refractivity contribution in [1.29, 1.82) is 0 Å². The molecule has 1 unspecified atom stereocenters. The maximum absolute atomic E-state index is 6.12. The Morgan fingerprint density at radius 1 is 1.19 bits per heavy atom. The summed E-state index contributed by atoms with van der Waals surface area (Å²) in [6.07, 6.45) is 7.98. The molecule has 1 aromatic heterocycles. The molecule has 1 aliphatic carbocycles. The summed E-state index contributed by atoms with van der Waals surface area (Å²) in [5, 5.41) is 0. The molecule has 3 heterocycles. The van der Waals surface area contributed by atoms with E-state index in [1.807, 2.05) is 11.3 Å². The standard InChI is InChI=1S/C17H25NO2S/c1-2-8-17(7-1)13-18(9-11-20-17)12-14-5-6-16(21-14)15-4-3-10-19-15/h5-6,15H,1-4,7-13H2. The van der Waals surface area contributed by atoms with E-state index in [1.165, 1.54) is 48.3 Å². The van der Waals surface area contributed by atoms with Crippen molar-refractivity contribution in [2.75, 3.05) is 26.3 Å². The lowest BCUT2D eigenvalue weighted by molar-refractivity contribution is -0.106. The Balaban J connectivity index is 1.39. The van der Waals surface area contributed by atoms with Gasteiger partial charge in [0, 0.05) is 36.0 Å². The average Bonchev–Trinajstić information content (AvgIpc) is 3.20. The molecule has 0 aromatic carbocycles. The van der Waals surface area contributed by atoms with Crippen molar-refractivity contribution in [2.45, 2.75) is 56.8 Å². The normalized spacial score (nSPS) is 29.4. The van der Waals surface area contributed by atoms with E-state index >= 15 is 0 Å². The Morgan fingerprint density at radius 3 is 2.90 bits per heavy atom. The van der Waals surface area contributed by atoms with Gasteiger partial charge in [-0.3, -0.25) is 4.90 Å². The summed E-state index contributed by atoms with van der Waals surface area (Å²) in [7, 11) is 0. The first-order valence-electron chi connectivity index (χ1n) is 8.40. The van der Waals surface area contributed by atoms with E-state index < -0.39 is 0 Å². The summed E-state index contributed by atoms with van der Waals surface area (Å²) in [6.45, 7) is 5.13. The summed E-state index contributed by atoms with van der Waals surface area (Å²) in [5.41, 5.74) is 0.187. The summed E-state index contributed by atoms with van der Waals surface area (Å²) in [4.78, 5) is 5.50. The van der Waals surface area contributed by atoms with Gasteiger partial charge in [0.05, 0.1) is 18.3 Å². The maximum Gasteiger partial charge on any atom is 0.0917 e. The van der Waals surface area contributed by atoms with Gasteiger partial charge < -0.3 is 9.47 Å². The van der Waals surface area contributed by atoms with Gasteiger partial charge in [-0.25, -0.2) is 0 Å². The number of rotatable bonds is 3. The quantitative estimate of drug-likeness (QED) is 0.849. The summed E-state index contributed by atoms with van der Waals surface area (Å²) in [5.74, 6) is 0. The van der Waals surface area contributed by atoms with Gasteiger partial charge in [0.15, 0.2) is 0 Å². The van der Waals surface area contributed by atoms with Crippen LogP contribution in [0.3, 0.4) is 0 Å². The largest absolute Gasteiger partial charge is 0.373 e. The van der Waals surface area contributed by atoms with E-state index in [1.54, 1.807) is 0 Å². The first-order chi connectivity index (χ1) is 10.3. The van der Waals surface area contributed by atoms with Crippen LogP contribution in [0.1, 0.15) is 54.4 Å². The fourth-order valence-electron chi connectivity index (χ4n) is 4.06. The van der Waals surface area contributed by atoms with Crippen molar-refractivity contribution in [2.24, 2.45) is 0 Å². The van der Waals surface area contributed by atoms with Gasteiger partial charge in [-0.15, -0.1) is 11.3 Å². The first kappa shape index (κ1) is 14.2. The molecule has 3 fully saturated rings. The molecule has 3 nitrogen and oxygen atoms in total. The monoisotopic (exact) mass is 307 g/mol. The van der Waals surface area contributed by atoms with E-state index in [9.17, 15) is 0 Å². The van der Waals surface area contributed by atoms with Crippen molar-refractivity contribution in [1.82, 2.24) is 4.90 Å². The Morgan fingerprint density at radius 2 is 2.10 bits per heavy atom. The zero-order valence-corrected chi connectivity index (χ0v) is 13.5. The van der Waals surface area contributed by atoms with Gasteiger partial charge in [0.2, 0.25) is 0 Å². The molecule has 4 heteroatoms. The molecular formula is C17H25NO2S. The molecule has 1 spiro atoms. The summed E-state index contributed by atoms with van der Waals surface area (Å²) < 4.78 is 11.9. The number of nitrogens with zero attached hydrogens (tertiary/aromatic N) is 1. The van der Waals surface area contributed by atoms with Crippen LogP contribution in [-0.2, 0) is 16.0 Å². The third kappa shape index (κ3) is 3.04. The van der Waals surface area contributed by atoms with Crippen molar-refractivity contribution < 1.29 is 9.47 Å². The number of hydrogen-bond acceptors (Lipinski definition) is 4. The van der Waals surface area contributed by atoms with Crippen LogP contribution in [0, 0.1) is 0 Å². The average molecular weight is 307 g/mol. The maximum atomic E-state index is 6.12. The van der Waals surface area contributed by atoms with E-state index in [2.05, 4.69) is 17.0 Å². The minimum atomic E-state index is 0.187. The molecular weight excluding hydrogens is 282 g/mol. The van der Waals surface area contributed by atoms with Crippen LogP contribution in [0.15, 0.2) is 12.1 Å². The molecule has 3 aliphatic rings. The second-order valence-corrected chi connectivity index (χ2v) is 7.95. The topological polar surface area (TPSA) is 21.7 Å². The van der Waals surface area contributed by atoms with E-state index in [4.69, 9.17) is 9.47 Å². The molecule has 116 valence electrons. The smallest absolute Gasteiger partial charge is 0.0917 e. The number of thiophene rings is 1. The van der Waals surface area contributed by atoms with E-state index in [0.29, 0.717) is 6.10 Å². The van der Waals surface area contributed by atoms with Crippen LogP contribution in [-0.4, -0.2) is 36.8 Å². The van der Waals surface area contributed by atoms with Gasteiger partial charge in [-0.05, 0) is 37.8 Å². The predicted octanol–water partition coefficient (Wildman–Crippen LogP) is 3.74. The minimum Gasteiger partial charge on any atom is -0.373 e. The van der Waals surface area contributed by atoms with Crippen molar-refractivity contribution in [3.63, 3.8) is 0 Å². The van der Waals surface area contributed by atoms with Crippen LogP contribution in [0.5, 0.6) is 0 Å². The van der Waals surface area contributed by atoms with Gasteiger partial charge in [0.1, 0.15) is 0 Å². The van der Waals surface area contributed by atoms with E-state index in [-0.39, 0.29) is 5.60 Å². The second-order valence-electron chi connectivity index (χ2n) is 6.75. The van der Waals surface area contributed by atoms with E-state index in [0.717, 1.165) is 32.8 Å². The minimum absolute atomic E-state index is 0.187. The molecule has 4 rings (SSSR count). The van der Waals surface area contributed by atoms with Crippen molar-refractivity contribution >= 4 is 11.3 Å². The predicted molar refractivity (Wildman–Crippen MR) is 84.7 cm³/mol. The molecule has 1 aromatic rings. The fraction of sp³-hybridized carbons (Fsp3) is 0.765. The van der Waals surface area contributed by atoms with Gasteiger partial charge in [-0.2, -0.15) is 0 Å². The first-order valence-corrected chi connectivity index (χ1v) is 9.21. The zero-order valence-electron chi connectivity index (χ0n) is 12.7. The molecule has 0 N–H and O–H groups in total. The molecule has 21 heavy (non-hydrogen) atoms. The van der Waals surface area contributed by atoms with Gasteiger partial charge >= 0.3 is 0 Å². The molecule has 0 amide bonds. The Labute approximate surface area is 131 Å². The van der Waals surface area contributed by atoms with Crippen LogP contribution < -0.4 is 0 Å². The number of ether oxygens (including phenoxy) is 2. The van der Waals surface area contributed by atoms with Crippen LogP contribution >= 0.6 is 11.3 Å². The highest BCUT2D eigenvalue weighted by molar-refractivity contribution is 7.12. The third-order valence-electron chi connectivity index (χ3n) is 5.15. The fourth-order valence-corrected chi connectivity index (χ4v) is 5.19. The highest BCUT2D eigenvalue weighted by atomic mass is 32.1. The molecule has 2 saturated heterocycles.